The Morgan fingerprint density at radius 2 is 2.64 bits per heavy atom. The third-order valence-corrected chi connectivity index (χ3v) is 1.72. The molecule has 1 fully saturated rings. The lowest BCUT2D eigenvalue weighted by Gasteiger charge is -2.23. The largest absolute Gasteiger partial charge is 0.463 e. The summed E-state index contributed by atoms with van der Waals surface area (Å²) in [5.74, 6) is -0.344. The molecule has 2 N–H and O–H groups in total. The third-order valence-electron chi connectivity index (χ3n) is 1.72. The van der Waals surface area contributed by atoms with Crippen LogP contribution in [0.15, 0.2) is 12.3 Å². The zero-order valence-corrected chi connectivity index (χ0v) is 8.29. The van der Waals surface area contributed by atoms with Gasteiger partial charge in [-0.3, -0.25) is 0 Å². The Kier molecular flexibility index (Phi) is 5.03. The van der Waals surface area contributed by atoms with Crippen molar-refractivity contribution >= 4 is 5.97 Å². The molecule has 0 radical (unpaired) electrons. The molecular formula is C9H16N2O3. The van der Waals surface area contributed by atoms with Gasteiger partial charge in [-0.2, -0.15) is 0 Å². The van der Waals surface area contributed by atoms with Crippen LogP contribution in [0, 0.1) is 0 Å². The molecule has 0 aromatic rings. The highest BCUT2D eigenvalue weighted by Gasteiger charge is 2.10. The van der Waals surface area contributed by atoms with Crippen molar-refractivity contribution in [1.82, 2.24) is 10.6 Å². The first-order valence-corrected chi connectivity index (χ1v) is 4.74. The Bertz CT molecular complexity index is 200. The predicted octanol–water partition coefficient (Wildman–Crippen LogP) is -0.401. The summed E-state index contributed by atoms with van der Waals surface area (Å²) in [5, 5.41) is 6.11. The summed E-state index contributed by atoms with van der Waals surface area (Å²) in [5.41, 5.74) is 0. The van der Waals surface area contributed by atoms with E-state index in [1.54, 1.807) is 13.1 Å². The van der Waals surface area contributed by atoms with Gasteiger partial charge in [0.25, 0.3) is 0 Å². The summed E-state index contributed by atoms with van der Waals surface area (Å²) in [6, 6.07) is 0. The average Bonchev–Trinajstić information content (AvgIpc) is 2.20. The van der Waals surface area contributed by atoms with Gasteiger partial charge >= 0.3 is 5.97 Å². The first kappa shape index (κ1) is 11.0. The fourth-order valence-corrected chi connectivity index (χ4v) is 1.09. The summed E-state index contributed by atoms with van der Waals surface area (Å²) in [7, 11) is 0. The highest BCUT2D eigenvalue weighted by Crippen LogP contribution is 1.91. The quantitative estimate of drug-likeness (QED) is 0.477. The minimum atomic E-state index is -0.344. The molecule has 0 bridgehead atoms. The van der Waals surface area contributed by atoms with Crippen LogP contribution in [0.3, 0.4) is 0 Å². The number of morpholine rings is 1. The van der Waals surface area contributed by atoms with Crippen molar-refractivity contribution in [3.63, 3.8) is 0 Å². The Hall–Kier alpha value is -1.07. The van der Waals surface area contributed by atoms with Crippen molar-refractivity contribution in [3.8, 4) is 0 Å². The molecule has 1 aliphatic heterocycles. The van der Waals surface area contributed by atoms with Gasteiger partial charge in [-0.25, -0.2) is 4.79 Å². The number of hydrogen-bond acceptors (Lipinski definition) is 5. The van der Waals surface area contributed by atoms with E-state index in [-0.39, 0.29) is 12.2 Å². The number of carbonyl (C=O) groups excluding carboxylic acids is 1. The van der Waals surface area contributed by atoms with Gasteiger partial charge in [0.15, 0.2) is 0 Å². The predicted molar refractivity (Wildman–Crippen MR) is 51.5 cm³/mol. The second-order valence-corrected chi connectivity index (χ2v) is 2.82. The normalized spacial score (nSPS) is 22.2. The van der Waals surface area contributed by atoms with E-state index in [2.05, 4.69) is 10.6 Å². The molecular weight excluding hydrogens is 184 g/mol. The number of hydrogen-bond donors (Lipinski definition) is 2. The highest BCUT2D eigenvalue weighted by atomic mass is 16.5. The van der Waals surface area contributed by atoms with Crippen LogP contribution >= 0.6 is 0 Å². The van der Waals surface area contributed by atoms with Gasteiger partial charge < -0.3 is 20.1 Å². The summed E-state index contributed by atoms with van der Waals surface area (Å²) in [6.07, 6.45) is 2.84. The number of rotatable bonds is 4. The minimum absolute atomic E-state index is 0.0607. The first-order valence-electron chi connectivity index (χ1n) is 4.74. The Morgan fingerprint density at radius 1 is 1.79 bits per heavy atom. The summed E-state index contributed by atoms with van der Waals surface area (Å²) < 4.78 is 10.1. The molecule has 14 heavy (non-hydrogen) atoms. The van der Waals surface area contributed by atoms with Crippen LogP contribution in [0.2, 0.25) is 0 Å². The van der Waals surface area contributed by atoms with Gasteiger partial charge in [-0.1, -0.05) is 0 Å². The van der Waals surface area contributed by atoms with E-state index in [1.165, 1.54) is 6.08 Å². The molecule has 1 rings (SSSR count). The SMILES string of the molecule is CCOC(=O)/C=C/NC1CNCCO1. The molecule has 1 unspecified atom stereocenters. The van der Waals surface area contributed by atoms with Crippen LogP contribution in [-0.4, -0.2) is 38.5 Å². The number of ether oxygens (including phenoxy) is 2. The maximum Gasteiger partial charge on any atom is 0.332 e. The molecule has 1 aliphatic rings. The van der Waals surface area contributed by atoms with Gasteiger partial charge in [0, 0.05) is 25.4 Å². The fourth-order valence-electron chi connectivity index (χ4n) is 1.09. The lowest BCUT2D eigenvalue weighted by Crippen LogP contribution is -2.45. The fraction of sp³-hybridized carbons (Fsp3) is 0.667. The Labute approximate surface area is 83.5 Å². The maximum absolute atomic E-state index is 10.9. The van der Waals surface area contributed by atoms with E-state index < -0.39 is 0 Å². The van der Waals surface area contributed by atoms with Crippen molar-refractivity contribution in [2.45, 2.75) is 13.2 Å². The highest BCUT2D eigenvalue weighted by molar-refractivity contribution is 5.81. The van der Waals surface area contributed by atoms with Crippen LogP contribution < -0.4 is 10.6 Å². The molecule has 1 saturated heterocycles. The van der Waals surface area contributed by atoms with Gasteiger partial charge in [0.1, 0.15) is 6.23 Å². The smallest absolute Gasteiger partial charge is 0.332 e. The molecule has 5 nitrogen and oxygen atoms in total. The van der Waals surface area contributed by atoms with Crippen molar-refractivity contribution in [2.24, 2.45) is 0 Å². The van der Waals surface area contributed by atoms with Crippen molar-refractivity contribution in [1.29, 1.82) is 0 Å². The van der Waals surface area contributed by atoms with Gasteiger partial charge in [-0.05, 0) is 6.92 Å². The third kappa shape index (κ3) is 4.25. The van der Waals surface area contributed by atoms with Crippen molar-refractivity contribution in [3.05, 3.63) is 12.3 Å². The van der Waals surface area contributed by atoms with E-state index in [1.807, 2.05) is 0 Å². The molecule has 1 atom stereocenters. The van der Waals surface area contributed by atoms with E-state index >= 15 is 0 Å². The molecule has 1 heterocycles. The van der Waals surface area contributed by atoms with Gasteiger partial charge in [-0.15, -0.1) is 0 Å². The molecule has 0 amide bonds. The number of nitrogens with one attached hydrogen (secondary N) is 2. The lowest BCUT2D eigenvalue weighted by molar-refractivity contribution is -0.137. The standard InChI is InChI=1S/C9H16N2O3/c1-2-13-9(12)3-4-11-8-7-10-5-6-14-8/h3-4,8,10-11H,2,5-7H2,1H3/b4-3+. The van der Waals surface area contributed by atoms with Crippen LogP contribution in [0.25, 0.3) is 0 Å². The maximum atomic E-state index is 10.9. The van der Waals surface area contributed by atoms with E-state index in [9.17, 15) is 4.79 Å². The Morgan fingerprint density at radius 3 is 3.29 bits per heavy atom. The van der Waals surface area contributed by atoms with E-state index in [0.29, 0.717) is 13.2 Å². The Balaban J connectivity index is 2.14. The van der Waals surface area contributed by atoms with Crippen LogP contribution in [0.5, 0.6) is 0 Å². The number of esters is 1. The van der Waals surface area contributed by atoms with E-state index in [0.717, 1.165) is 13.1 Å². The summed E-state index contributed by atoms with van der Waals surface area (Å²) >= 11 is 0. The summed E-state index contributed by atoms with van der Waals surface area (Å²) in [4.78, 5) is 10.9. The molecule has 0 saturated carbocycles. The topological polar surface area (TPSA) is 59.6 Å². The lowest BCUT2D eigenvalue weighted by atomic mass is 10.4. The molecule has 5 heteroatoms. The molecule has 80 valence electrons. The first-order chi connectivity index (χ1) is 6.83. The van der Waals surface area contributed by atoms with Crippen LogP contribution in [-0.2, 0) is 14.3 Å². The second kappa shape index (κ2) is 6.39. The van der Waals surface area contributed by atoms with Crippen molar-refractivity contribution < 1.29 is 14.3 Å². The minimum Gasteiger partial charge on any atom is -0.463 e. The zero-order chi connectivity index (χ0) is 10.2. The monoisotopic (exact) mass is 200 g/mol. The average molecular weight is 200 g/mol. The summed E-state index contributed by atoms with van der Waals surface area (Å²) in [6.45, 7) is 4.47. The second-order valence-electron chi connectivity index (χ2n) is 2.82. The zero-order valence-electron chi connectivity index (χ0n) is 8.29. The molecule has 0 aliphatic carbocycles. The van der Waals surface area contributed by atoms with Crippen molar-refractivity contribution in [2.75, 3.05) is 26.3 Å². The van der Waals surface area contributed by atoms with E-state index in [4.69, 9.17) is 9.47 Å². The number of carbonyl (C=O) groups is 1. The van der Waals surface area contributed by atoms with Crippen LogP contribution in [0.4, 0.5) is 0 Å². The van der Waals surface area contributed by atoms with Gasteiger partial charge in [0.2, 0.25) is 0 Å². The molecule has 0 aromatic heterocycles. The molecule has 0 spiro atoms. The molecule has 0 aromatic carbocycles. The van der Waals surface area contributed by atoms with Crippen LogP contribution in [0.1, 0.15) is 6.92 Å². The van der Waals surface area contributed by atoms with Gasteiger partial charge in [0.05, 0.1) is 13.2 Å².